The molecular formula is C18H17ClN2O3. The molecule has 0 aliphatic carbocycles. The maximum atomic E-state index is 12.0. The molecule has 24 heavy (non-hydrogen) atoms. The topological polar surface area (TPSA) is 67.4 Å². The summed E-state index contributed by atoms with van der Waals surface area (Å²) in [6, 6.07) is 14.4. The van der Waals surface area contributed by atoms with E-state index in [1.807, 2.05) is 24.3 Å². The lowest BCUT2D eigenvalue weighted by Gasteiger charge is -2.25. The van der Waals surface area contributed by atoms with Crippen LogP contribution in [-0.4, -0.2) is 24.5 Å². The van der Waals surface area contributed by atoms with Crippen LogP contribution in [0.2, 0.25) is 5.02 Å². The number of rotatable bonds is 5. The minimum atomic E-state index is -0.601. The number of benzene rings is 2. The maximum absolute atomic E-state index is 12.0. The number of anilines is 1. The van der Waals surface area contributed by atoms with E-state index < -0.39 is 6.10 Å². The number of fused-ring (bicyclic) bond motifs is 1. The van der Waals surface area contributed by atoms with Gasteiger partial charge in [0.05, 0.1) is 12.1 Å². The number of hydrogen-bond donors (Lipinski definition) is 2. The molecule has 0 aromatic heterocycles. The molecule has 6 heteroatoms. The van der Waals surface area contributed by atoms with Gasteiger partial charge in [-0.05, 0) is 29.8 Å². The molecule has 0 saturated heterocycles. The fourth-order valence-corrected chi connectivity index (χ4v) is 2.60. The van der Waals surface area contributed by atoms with E-state index in [1.54, 1.807) is 24.3 Å². The maximum Gasteiger partial charge on any atom is 0.265 e. The van der Waals surface area contributed by atoms with Crippen molar-refractivity contribution in [2.75, 3.05) is 11.9 Å². The molecule has 1 unspecified atom stereocenters. The van der Waals surface area contributed by atoms with Crippen molar-refractivity contribution < 1.29 is 14.3 Å². The van der Waals surface area contributed by atoms with Crippen molar-refractivity contribution in [3.05, 3.63) is 59.1 Å². The van der Waals surface area contributed by atoms with Gasteiger partial charge in [0.25, 0.3) is 5.91 Å². The van der Waals surface area contributed by atoms with Gasteiger partial charge in [0.15, 0.2) is 6.10 Å². The zero-order valence-electron chi connectivity index (χ0n) is 12.9. The van der Waals surface area contributed by atoms with E-state index in [-0.39, 0.29) is 18.2 Å². The number of halogens is 1. The van der Waals surface area contributed by atoms with Crippen molar-refractivity contribution in [2.45, 2.75) is 18.9 Å². The predicted octanol–water partition coefficient (Wildman–Crippen LogP) is 2.79. The Bertz CT molecular complexity index is 746. The first-order valence-electron chi connectivity index (χ1n) is 7.69. The summed E-state index contributed by atoms with van der Waals surface area (Å²) < 4.78 is 5.68. The Morgan fingerprint density at radius 2 is 1.92 bits per heavy atom. The summed E-state index contributed by atoms with van der Waals surface area (Å²) in [7, 11) is 0. The number of carbonyl (C=O) groups is 2. The minimum absolute atomic E-state index is 0.103. The molecule has 124 valence electrons. The van der Waals surface area contributed by atoms with Crippen LogP contribution in [0.1, 0.15) is 12.0 Å². The second kappa shape index (κ2) is 7.36. The standard InChI is InChI=1S/C18H17ClN2O3/c19-13-7-5-12(6-8-13)11-17(22)20-10-9-16-18(23)21-14-3-1-2-4-15(14)24-16/h1-8,16H,9-11H2,(H,20,22)(H,21,23). The third kappa shape index (κ3) is 4.06. The molecule has 2 N–H and O–H groups in total. The Morgan fingerprint density at radius 3 is 2.71 bits per heavy atom. The van der Waals surface area contributed by atoms with Crippen LogP contribution in [0.3, 0.4) is 0 Å². The van der Waals surface area contributed by atoms with Crippen LogP contribution in [0.15, 0.2) is 48.5 Å². The Balaban J connectivity index is 1.47. The van der Waals surface area contributed by atoms with Crippen molar-refractivity contribution in [3.63, 3.8) is 0 Å². The van der Waals surface area contributed by atoms with Crippen LogP contribution >= 0.6 is 11.6 Å². The fourth-order valence-electron chi connectivity index (χ4n) is 2.48. The van der Waals surface area contributed by atoms with Crippen LogP contribution in [0.5, 0.6) is 5.75 Å². The van der Waals surface area contributed by atoms with E-state index in [0.717, 1.165) is 5.56 Å². The smallest absolute Gasteiger partial charge is 0.265 e. The molecule has 1 aliphatic heterocycles. The van der Waals surface area contributed by atoms with E-state index in [0.29, 0.717) is 29.4 Å². The number of carbonyl (C=O) groups excluding carboxylic acids is 2. The average molecular weight is 345 g/mol. The van der Waals surface area contributed by atoms with Gasteiger partial charge in [0, 0.05) is 18.0 Å². The molecule has 2 aromatic rings. The number of para-hydroxylation sites is 2. The highest BCUT2D eigenvalue weighted by Gasteiger charge is 2.26. The molecule has 0 radical (unpaired) electrons. The largest absolute Gasteiger partial charge is 0.478 e. The molecule has 5 nitrogen and oxygen atoms in total. The lowest BCUT2D eigenvalue weighted by atomic mass is 10.1. The minimum Gasteiger partial charge on any atom is -0.478 e. The van der Waals surface area contributed by atoms with Crippen LogP contribution in [0.4, 0.5) is 5.69 Å². The van der Waals surface area contributed by atoms with Gasteiger partial charge in [0.1, 0.15) is 5.75 Å². The Morgan fingerprint density at radius 1 is 1.17 bits per heavy atom. The second-order valence-corrected chi connectivity index (χ2v) is 5.97. The van der Waals surface area contributed by atoms with Crippen LogP contribution in [0, 0.1) is 0 Å². The highest BCUT2D eigenvalue weighted by Crippen LogP contribution is 2.29. The summed E-state index contributed by atoms with van der Waals surface area (Å²) >= 11 is 5.82. The van der Waals surface area contributed by atoms with E-state index in [9.17, 15) is 9.59 Å². The lowest BCUT2D eigenvalue weighted by molar-refractivity contribution is -0.124. The fraction of sp³-hybridized carbons (Fsp3) is 0.222. The van der Waals surface area contributed by atoms with Gasteiger partial charge in [-0.25, -0.2) is 0 Å². The third-order valence-electron chi connectivity index (χ3n) is 3.71. The van der Waals surface area contributed by atoms with E-state index in [2.05, 4.69) is 10.6 Å². The number of hydrogen-bond acceptors (Lipinski definition) is 3. The van der Waals surface area contributed by atoms with Crippen molar-refractivity contribution in [3.8, 4) is 5.75 Å². The summed E-state index contributed by atoms with van der Waals surface area (Å²) in [4.78, 5) is 23.9. The third-order valence-corrected chi connectivity index (χ3v) is 3.97. The summed E-state index contributed by atoms with van der Waals surface area (Å²) in [5.41, 5.74) is 1.56. The van der Waals surface area contributed by atoms with E-state index in [1.165, 1.54) is 0 Å². The summed E-state index contributed by atoms with van der Waals surface area (Å²) in [5, 5.41) is 6.25. The molecule has 0 spiro atoms. The van der Waals surface area contributed by atoms with Crippen LogP contribution < -0.4 is 15.4 Å². The van der Waals surface area contributed by atoms with Crippen molar-refractivity contribution in [1.29, 1.82) is 0 Å². The number of amides is 2. The average Bonchev–Trinajstić information content (AvgIpc) is 2.57. The van der Waals surface area contributed by atoms with Crippen molar-refractivity contribution >= 4 is 29.1 Å². The van der Waals surface area contributed by atoms with Gasteiger partial charge in [-0.15, -0.1) is 0 Å². The number of nitrogens with one attached hydrogen (secondary N) is 2. The number of ether oxygens (including phenoxy) is 1. The van der Waals surface area contributed by atoms with Crippen LogP contribution in [-0.2, 0) is 16.0 Å². The van der Waals surface area contributed by atoms with Crippen molar-refractivity contribution in [1.82, 2.24) is 5.32 Å². The molecule has 0 saturated carbocycles. The van der Waals surface area contributed by atoms with Crippen LogP contribution in [0.25, 0.3) is 0 Å². The molecular weight excluding hydrogens is 328 g/mol. The first-order valence-corrected chi connectivity index (χ1v) is 8.07. The van der Waals surface area contributed by atoms with Gasteiger partial charge in [0.2, 0.25) is 5.91 Å². The lowest BCUT2D eigenvalue weighted by Crippen LogP contribution is -2.40. The Labute approximate surface area is 145 Å². The molecule has 2 aromatic carbocycles. The molecule has 1 aliphatic rings. The predicted molar refractivity (Wildman–Crippen MR) is 92.3 cm³/mol. The quantitative estimate of drug-likeness (QED) is 0.876. The van der Waals surface area contributed by atoms with Gasteiger partial charge >= 0.3 is 0 Å². The van der Waals surface area contributed by atoms with Crippen molar-refractivity contribution in [2.24, 2.45) is 0 Å². The monoisotopic (exact) mass is 344 g/mol. The molecule has 2 amide bonds. The van der Waals surface area contributed by atoms with Gasteiger partial charge in [-0.2, -0.15) is 0 Å². The van der Waals surface area contributed by atoms with Gasteiger partial charge in [-0.3, -0.25) is 9.59 Å². The Hall–Kier alpha value is -2.53. The molecule has 1 heterocycles. The summed E-state index contributed by atoms with van der Waals surface area (Å²) in [6.45, 7) is 0.368. The zero-order chi connectivity index (χ0) is 16.9. The first kappa shape index (κ1) is 16.3. The van der Waals surface area contributed by atoms with E-state index in [4.69, 9.17) is 16.3 Å². The molecule has 1 atom stereocenters. The SMILES string of the molecule is O=C(Cc1ccc(Cl)cc1)NCCC1Oc2ccccc2NC1=O. The van der Waals surface area contributed by atoms with Gasteiger partial charge in [-0.1, -0.05) is 35.9 Å². The highest BCUT2D eigenvalue weighted by atomic mass is 35.5. The van der Waals surface area contributed by atoms with E-state index >= 15 is 0 Å². The highest BCUT2D eigenvalue weighted by molar-refractivity contribution is 6.30. The molecule has 0 bridgehead atoms. The zero-order valence-corrected chi connectivity index (χ0v) is 13.7. The first-order chi connectivity index (χ1) is 11.6. The normalized spacial score (nSPS) is 15.9. The van der Waals surface area contributed by atoms with Gasteiger partial charge < -0.3 is 15.4 Å². The molecule has 0 fully saturated rings. The Kier molecular flexibility index (Phi) is 5.01. The second-order valence-electron chi connectivity index (χ2n) is 5.53. The summed E-state index contributed by atoms with van der Waals surface area (Å²) in [6.07, 6.45) is 0.0836. The summed E-state index contributed by atoms with van der Waals surface area (Å²) in [5.74, 6) is 0.351. The molecule has 3 rings (SSSR count).